The summed E-state index contributed by atoms with van der Waals surface area (Å²) < 4.78 is 0. The summed E-state index contributed by atoms with van der Waals surface area (Å²) in [5.41, 5.74) is 2.67. The van der Waals surface area contributed by atoms with E-state index in [1.807, 2.05) is 17.0 Å². The number of aliphatic hydroxyl groups is 1. The lowest BCUT2D eigenvalue weighted by atomic mass is 10.0. The second kappa shape index (κ2) is 8.19. The molecular formula is C21H24N4O2. The Morgan fingerprint density at radius 1 is 1.26 bits per heavy atom. The third-order valence-electron chi connectivity index (χ3n) is 4.77. The van der Waals surface area contributed by atoms with Gasteiger partial charge in [0.1, 0.15) is 5.69 Å². The van der Waals surface area contributed by atoms with Gasteiger partial charge < -0.3 is 15.3 Å². The van der Waals surface area contributed by atoms with E-state index in [-0.39, 0.29) is 18.4 Å². The maximum absolute atomic E-state index is 12.4. The fraction of sp³-hybridized carbons (Fsp3) is 0.381. The summed E-state index contributed by atoms with van der Waals surface area (Å²) in [4.78, 5) is 14.3. The Bertz CT molecular complexity index is 825. The zero-order valence-corrected chi connectivity index (χ0v) is 15.6. The van der Waals surface area contributed by atoms with Crippen LogP contribution < -0.4 is 10.2 Å². The standard InChI is InChI=1S/C21H24N4O2/c1-4-17-9-10-20(24-23-17)25-12-18(19(26)13-25)22-21(27)11-15-5-7-16(8-6-15)14(2)3/h1,5-10,14,18-19,26H,11-13H2,2-3H3,(H,22,27)/t18-,19-/m1/s1. The molecule has 6 nitrogen and oxygen atoms in total. The minimum absolute atomic E-state index is 0.105. The third kappa shape index (κ3) is 4.63. The van der Waals surface area contributed by atoms with Crippen LogP contribution in [0.4, 0.5) is 5.82 Å². The number of terminal acetylenes is 1. The molecule has 0 aliphatic carbocycles. The van der Waals surface area contributed by atoms with Crippen LogP contribution in [0, 0.1) is 12.3 Å². The smallest absolute Gasteiger partial charge is 0.224 e. The number of aliphatic hydroxyl groups excluding tert-OH is 1. The van der Waals surface area contributed by atoms with Gasteiger partial charge in [-0.25, -0.2) is 0 Å². The van der Waals surface area contributed by atoms with Crippen molar-refractivity contribution in [1.29, 1.82) is 0 Å². The van der Waals surface area contributed by atoms with Crippen molar-refractivity contribution in [2.75, 3.05) is 18.0 Å². The molecule has 1 aliphatic heterocycles. The van der Waals surface area contributed by atoms with Gasteiger partial charge in [0.05, 0.1) is 18.6 Å². The van der Waals surface area contributed by atoms with Crippen LogP contribution in [0.1, 0.15) is 36.6 Å². The number of β-amino-alcohol motifs (C(OH)–C–C–N with tert-alkyl or cyclic N) is 1. The van der Waals surface area contributed by atoms with E-state index in [1.54, 1.807) is 12.1 Å². The van der Waals surface area contributed by atoms with Crippen LogP contribution in [0.15, 0.2) is 36.4 Å². The summed E-state index contributed by atoms with van der Waals surface area (Å²) in [5, 5.41) is 21.2. The highest BCUT2D eigenvalue weighted by molar-refractivity contribution is 5.79. The number of amides is 1. The second-order valence-electron chi connectivity index (χ2n) is 7.14. The first-order valence-electron chi connectivity index (χ1n) is 9.08. The quantitative estimate of drug-likeness (QED) is 0.786. The third-order valence-corrected chi connectivity index (χ3v) is 4.77. The monoisotopic (exact) mass is 364 g/mol. The lowest BCUT2D eigenvalue weighted by molar-refractivity contribution is -0.121. The molecule has 1 aromatic heterocycles. The average molecular weight is 364 g/mol. The highest BCUT2D eigenvalue weighted by atomic mass is 16.3. The largest absolute Gasteiger partial charge is 0.389 e. The van der Waals surface area contributed by atoms with Crippen molar-refractivity contribution in [1.82, 2.24) is 15.5 Å². The predicted molar refractivity (Wildman–Crippen MR) is 104 cm³/mol. The summed E-state index contributed by atoms with van der Waals surface area (Å²) in [6.45, 7) is 5.14. The van der Waals surface area contributed by atoms with E-state index in [0.717, 1.165) is 5.56 Å². The number of carbonyl (C=O) groups is 1. The second-order valence-corrected chi connectivity index (χ2v) is 7.14. The van der Waals surface area contributed by atoms with Gasteiger partial charge in [-0.05, 0) is 35.1 Å². The molecule has 0 bridgehead atoms. The van der Waals surface area contributed by atoms with Gasteiger partial charge in [0.25, 0.3) is 0 Å². The lowest BCUT2D eigenvalue weighted by Crippen LogP contribution is -2.43. The molecule has 1 amide bonds. The number of nitrogens with one attached hydrogen (secondary N) is 1. The maximum atomic E-state index is 12.4. The molecule has 0 spiro atoms. The minimum atomic E-state index is -0.661. The normalized spacial score (nSPS) is 19.1. The fourth-order valence-electron chi connectivity index (χ4n) is 3.15. The average Bonchev–Trinajstić information content (AvgIpc) is 3.02. The molecular weight excluding hydrogens is 340 g/mol. The molecule has 1 fully saturated rings. The summed E-state index contributed by atoms with van der Waals surface area (Å²) in [6, 6.07) is 11.2. The highest BCUT2D eigenvalue weighted by Gasteiger charge is 2.33. The first-order valence-corrected chi connectivity index (χ1v) is 9.08. The number of benzene rings is 1. The highest BCUT2D eigenvalue weighted by Crippen LogP contribution is 2.18. The van der Waals surface area contributed by atoms with Crippen LogP contribution in [-0.2, 0) is 11.2 Å². The van der Waals surface area contributed by atoms with Gasteiger partial charge >= 0.3 is 0 Å². The van der Waals surface area contributed by atoms with Gasteiger partial charge in [-0.1, -0.05) is 38.1 Å². The van der Waals surface area contributed by atoms with Crippen molar-refractivity contribution >= 4 is 11.7 Å². The van der Waals surface area contributed by atoms with E-state index < -0.39 is 6.10 Å². The van der Waals surface area contributed by atoms with Crippen LogP contribution in [0.3, 0.4) is 0 Å². The van der Waals surface area contributed by atoms with E-state index in [2.05, 4.69) is 47.4 Å². The van der Waals surface area contributed by atoms with Crippen molar-refractivity contribution in [3.8, 4) is 12.3 Å². The number of anilines is 1. The number of carbonyl (C=O) groups excluding carboxylic acids is 1. The maximum Gasteiger partial charge on any atom is 0.224 e. The summed E-state index contributed by atoms with van der Waals surface area (Å²) in [5.74, 6) is 3.41. The SMILES string of the molecule is C#Cc1ccc(N2C[C@@H](O)[C@H](NC(=O)Cc3ccc(C(C)C)cc3)C2)nn1. The molecule has 6 heteroatoms. The Morgan fingerprint density at radius 2 is 2.00 bits per heavy atom. The van der Waals surface area contributed by atoms with Crippen molar-refractivity contribution < 1.29 is 9.90 Å². The van der Waals surface area contributed by atoms with Crippen LogP contribution in [0.25, 0.3) is 0 Å². The number of hydrogen-bond donors (Lipinski definition) is 2. The minimum Gasteiger partial charge on any atom is -0.389 e. The number of aromatic nitrogens is 2. The molecule has 0 unspecified atom stereocenters. The van der Waals surface area contributed by atoms with Crippen LogP contribution >= 0.6 is 0 Å². The van der Waals surface area contributed by atoms with E-state index in [4.69, 9.17) is 6.42 Å². The molecule has 3 rings (SSSR count). The first kappa shape index (κ1) is 18.9. The van der Waals surface area contributed by atoms with E-state index >= 15 is 0 Å². The Balaban J connectivity index is 1.56. The van der Waals surface area contributed by atoms with Crippen molar-refractivity contribution in [2.24, 2.45) is 0 Å². The van der Waals surface area contributed by atoms with Crippen LogP contribution in [-0.4, -0.2) is 46.4 Å². The van der Waals surface area contributed by atoms with Crippen molar-refractivity contribution in [2.45, 2.75) is 38.3 Å². The van der Waals surface area contributed by atoms with Crippen molar-refractivity contribution in [3.05, 3.63) is 53.2 Å². The molecule has 1 aromatic carbocycles. The number of rotatable bonds is 5. The Kier molecular flexibility index (Phi) is 5.72. The lowest BCUT2D eigenvalue weighted by Gasteiger charge is -2.17. The molecule has 2 atom stereocenters. The van der Waals surface area contributed by atoms with Crippen LogP contribution in [0.2, 0.25) is 0 Å². The number of nitrogens with zero attached hydrogens (tertiary/aromatic N) is 3. The molecule has 2 N–H and O–H groups in total. The zero-order chi connectivity index (χ0) is 19.4. The Labute approximate surface area is 159 Å². The van der Waals surface area contributed by atoms with E-state index in [0.29, 0.717) is 30.5 Å². The molecule has 0 saturated carbocycles. The number of hydrogen-bond acceptors (Lipinski definition) is 5. The van der Waals surface area contributed by atoms with Gasteiger partial charge in [-0.2, -0.15) is 0 Å². The molecule has 2 heterocycles. The summed E-state index contributed by atoms with van der Waals surface area (Å²) in [6.07, 6.45) is 4.91. The van der Waals surface area contributed by atoms with Gasteiger partial charge in [-0.3, -0.25) is 4.79 Å². The van der Waals surface area contributed by atoms with Crippen molar-refractivity contribution in [3.63, 3.8) is 0 Å². The van der Waals surface area contributed by atoms with Gasteiger partial charge in [-0.15, -0.1) is 16.6 Å². The Hall–Kier alpha value is -2.91. The van der Waals surface area contributed by atoms with Gasteiger partial charge in [0.15, 0.2) is 5.82 Å². The molecule has 140 valence electrons. The predicted octanol–water partition coefficient (Wildman–Crippen LogP) is 1.49. The van der Waals surface area contributed by atoms with Gasteiger partial charge in [0, 0.05) is 13.1 Å². The van der Waals surface area contributed by atoms with Gasteiger partial charge in [0.2, 0.25) is 5.91 Å². The van der Waals surface area contributed by atoms with E-state index in [1.165, 1.54) is 5.56 Å². The van der Waals surface area contributed by atoms with E-state index in [9.17, 15) is 9.90 Å². The Morgan fingerprint density at radius 3 is 2.59 bits per heavy atom. The summed E-state index contributed by atoms with van der Waals surface area (Å²) >= 11 is 0. The van der Waals surface area contributed by atoms with Crippen LogP contribution in [0.5, 0.6) is 0 Å². The zero-order valence-electron chi connectivity index (χ0n) is 15.6. The molecule has 27 heavy (non-hydrogen) atoms. The summed E-state index contributed by atoms with van der Waals surface area (Å²) in [7, 11) is 0. The molecule has 1 aliphatic rings. The topological polar surface area (TPSA) is 78.4 Å². The fourth-order valence-corrected chi connectivity index (χ4v) is 3.15. The molecule has 0 radical (unpaired) electrons. The molecule has 1 saturated heterocycles. The molecule has 2 aromatic rings. The first-order chi connectivity index (χ1) is 13.0.